The van der Waals surface area contributed by atoms with Crippen LogP contribution >= 0.6 is 11.6 Å². The smallest absolute Gasteiger partial charge is 0.291 e. The van der Waals surface area contributed by atoms with Crippen molar-refractivity contribution in [1.82, 2.24) is 14.9 Å². The first-order valence-corrected chi connectivity index (χ1v) is 12.2. The van der Waals surface area contributed by atoms with Crippen LogP contribution in [-0.4, -0.2) is 52.1 Å². The Kier molecular flexibility index (Phi) is 7.15. The fourth-order valence-electron chi connectivity index (χ4n) is 4.79. The molecule has 2 aromatic heterocycles. The molecule has 0 atom stereocenters. The SMILES string of the molecule is COc1cc(Nc2ncc(Cl)c(NC3CC(C)(C)N(C)C(C)(C)C3)n2)ccc1NC(=O)c1ccco1. The molecule has 10 heteroatoms. The van der Waals surface area contributed by atoms with E-state index in [1.54, 1.807) is 36.5 Å². The first-order chi connectivity index (χ1) is 17.0. The number of hydrogen-bond donors (Lipinski definition) is 3. The molecule has 36 heavy (non-hydrogen) atoms. The average molecular weight is 513 g/mol. The highest BCUT2D eigenvalue weighted by Crippen LogP contribution is 2.38. The van der Waals surface area contributed by atoms with E-state index in [0.29, 0.717) is 33.9 Å². The van der Waals surface area contributed by atoms with Crippen molar-refractivity contribution in [2.45, 2.75) is 57.7 Å². The van der Waals surface area contributed by atoms with Crippen LogP contribution in [0.3, 0.4) is 0 Å². The Morgan fingerprint density at radius 1 is 1.19 bits per heavy atom. The number of furan rings is 1. The van der Waals surface area contributed by atoms with Crippen molar-refractivity contribution < 1.29 is 13.9 Å². The lowest BCUT2D eigenvalue weighted by atomic mass is 9.77. The van der Waals surface area contributed by atoms with E-state index in [-0.39, 0.29) is 28.8 Å². The second-order valence-corrected chi connectivity index (χ2v) is 10.7. The van der Waals surface area contributed by atoms with E-state index in [0.717, 1.165) is 12.8 Å². The minimum atomic E-state index is -0.365. The highest BCUT2D eigenvalue weighted by molar-refractivity contribution is 6.32. The Labute approximate surface area is 216 Å². The van der Waals surface area contributed by atoms with Crippen LogP contribution < -0.4 is 20.7 Å². The Balaban J connectivity index is 1.49. The molecule has 4 rings (SSSR count). The lowest BCUT2D eigenvalue weighted by Gasteiger charge is -2.53. The lowest BCUT2D eigenvalue weighted by Crippen LogP contribution is -2.61. The number of nitrogens with one attached hydrogen (secondary N) is 3. The van der Waals surface area contributed by atoms with Gasteiger partial charge in [-0.1, -0.05) is 11.6 Å². The average Bonchev–Trinajstić information content (AvgIpc) is 3.35. The summed E-state index contributed by atoms with van der Waals surface area (Å²) in [5, 5.41) is 9.98. The zero-order valence-corrected chi connectivity index (χ0v) is 22.2. The van der Waals surface area contributed by atoms with Gasteiger partial charge < -0.3 is 25.1 Å². The Morgan fingerprint density at radius 3 is 2.56 bits per heavy atom. The molecule has 192 valence electrons. The lowest BCUT2D eigenvalue weighted by molar-refractivity contribution is -0.00772. The van der Waals surface area contributed by atoms with E-state index in [4.69, 9.17) is 20.8 Å². The summed E-state index contributed by atoms with van der Waals surface area (Å²) >= 11 is 6.45. The summed E-state index contributed by atoms with van der Waals surface area (Å²) in [5.74, 6) is 1.30. The van der Waals surface area contributed by atoms with Crippen LogP contribution in [0.15, 0.2) is 47.2 Å². The zero-order valence-electron chi connectivity index (χ0n) is 21.5. The summed E-state index contributed by atoms with van der Waals surface area (Å²) in [7, 11) is 3.71. The number of rotatable bonds is 7. The van der Waals surface area contributed by atoms with Gasteiger partial charge in [-0.05, 0) is 71.8 Å². The van der Waals surface area contributed by atoms with Crippen molar-refractivity contribution in [2.75, 3.05) is 30.1 Å². The number of nitrogens with zero attached hydrogens (tertiary/aromatic N) is 3. The monoisotopic (exact) mass is 512 g/mol. The number of methoxy groups -OCH3 is 1. The fraction of sp³-hybridized carbons (Fsp3) is 0.423. The van der Waals surface area contributed by atoms with Crippen LogP contribution in [0.2, 0.25) is 5.02 Å². The molecule has 0 radical (unpaired) electrons. The molecule has 1 fully saturated rings. The number of ether oxygens (including phenoxy) is 1. The van der Waals surface area contributed by atoms with Gasteiger partial charge in [0.15, 0.2) is 11.6 Å². The summed E-state index contributed by atoms with van der Waals surface area (Å²) < 4.78 is 10.6. The first-order valence-electron chi connectivity index (χ1n) is 11.8. The molecule has 3 aromatic rings. The third-order valence-corrected chi connectivity index (χ3v) is 7.12. The molecule has 1 aliphatic rings. The number of halogens is 1. The summed E-state index contributed by atoms with van der Waals surface area (Å²) in [6.45, 7) is 9.02. The summed E-state index contributed by atoms with van der Waals surface area (Å²) in [5.41, 5.74) is 1.27. The van der Waals surface area contributed by atoms with E-state index in [1.807, 2.05) is 0 Å². The zero-order chi connectivity index (χ0) is 26.1. The highest BCUT2D eigenvalue weighted by Gasteiger charge is 2.43. The van der Waals surface area contributed by atoms with E-state index in [9.17, 15) is 4.79 Å². The number of hydrogen-bond acceptors (Lipinski definition) is 8. The number of aromatic nitrogens is 2. The normalized spacial score (nSPS) is 17.4. The van der Waals surface area contributed by atoms with Gasteiger partial charge in [0, 0.05) is 28.9 Å². The van der Waals surface area contributed by atoms with Gasteiger partial charge in [0.05, 0.1) is 25.3 Å². The predicted octanol–water partition coefficient (Wildman–Crippen LogP) is 5.79. The first kappa shape index (κ1) is 25.8. The van der Waals surface area contributed by atoms with Gasteiger partial charge in [0.1, 0.15) is 10.8 Å². The quantitative estimate of drug-likeness (QED) is 0.365. The third kappa shape index (κ3) is 5.57. The molecule has 1 aliphatic heterocycles. The number of likely N-dealkylation sites (tertiary alicyclic amines) is 1. The van der Waals surface area contributed by atoms with E-state index in [1.165, 1.54) is 13.4 Å². The molecule has 3 N–H and O–H groups in total. The summed E-state index contributed by atoms with van der Waals surface area (Å²) in [6.07, 6.45) is 4.94. The second kappa shape index (κ2) is 9.99. The van der Waals surface area contributed by atoms with Crippen LogP contribution in [0, 0.1) is 0 Å². The van der Waals surface area contributed by atoms with Gasteiger partial charge in [0.25, 0.3) is 5.91 Å². The molecule has 1 aromatic carbocycles. The van der Waals surface area contributed by atoms with Crippen LogP contribution in [0.1, 0.15) is 51.1 Å². The molecule has 3 heterocycles. The van der Waals surface area contributed by atoms with Crippen LogP contribution in [0.4, 0.5) is 23.1 Å². The van der Waals surface area contributed by atoms with Crippen LogP contribution in [0.25, 0.3) is 0 Å². The molecule has 1 saturated heterocycles. The molecule has 0 unspecified atom stereocenters. The molecule has 0 bridgehead atoms. The highest BCUT2D eigenvalue weighted by atomic mass is 35.5. The molecular weight excluding hydrogens is 480 g/mol. The minimum absolute atomic E-state index is 0.0324. The molecule has 0 spiro atoms. The van der Waals surface area contributed by atoms with Gasteiger partial charge >= 0.3 is 0 Å². The summed E-state index contributed by atoms with van der Waals surface area (Å²) in [4.78, 5) is 23.7. The van der Waals surface area contributed by atoms with Crippen LogP contribution in [-0.2, 0) is 0 Å². The van der Waals surface area contributed by atoms with E-state index in [2.05, 4.69) is 65.6 Å². The summed E-state index contributed by atoms with van der Waals surface area (Å²) in [6, 6.07) is 8.75. The number of amides is 1. The fourth-order valence-corrected chi connectivity index (χ4v) is 4.93. The Morgan fingerprint density at radius 2 is 1.92 bits per heavy atom. The predicted molar refractivity (Wildman–Crippen MR) is 143 cm³/mol. The number of piperidine rings is 1. The molecule has 0 saturated carbocycles. The topological polar surface area (TPSA) is 105 Å². The number of carbonyl (C=O) groups excluding carboxylic acids is 1. The van der Waals surface area contributed by atoms with Crippen molar-refractivity contribution in [3.05, 3.63) is 53.6 Å². The Hall–Kier alpha value is -3.30. The molecular formula is C26H33ClN6O3. The molecule has 0 aliphatic carbocycles. The third-order valence-electron chi connectivity index (χ3n) is 6.84. The molecule has 9 nitrogen and oxygen atoms in total. The Bertz CT molecular complexity index is 1210. The number of benzene rings is 1. The second-order valence-electron chi connectivity index (χ2n) is 10.3. The number of carbonyl (C=O) groups is 1. The van der Waals surface area contributed by atoms with Crippen molar-refractivity contribution >= 4 is 40.6 Å². The van der Waals surface area contributed by atoms with E-state index >= 15 is 0 Å². The van der Waals surface area contributed by atoms with Crippen molar-refractivity contribution in [1.29, 1.82) is 0 Å². The van der Waals surface area contributed by atoms with Crippen molar-refractivity contribution in [2.24, 2.45) is 0 Å². The van der Waals surface area contributed by atoms with Crippen molar-refractivity contribution in [3.63, 3.8) is 0 Å². The van der Waals surface area contributed by atoms with Gasteiger partial charge in [0.2, 0.25) is 5.95 Å². The largest absolute Gasteiger partial charge is 0.494 e. The maximum atomic E-state index is 12.3. The van der Waals surface area contributed by atoms with Crippen molar-refractivity contribution in [3.8, 4) is 5.75 Å². The maximum absolute atomic E-state index is 12.3. The minimum Gasteiger partial charge on any atom is -0.494 e. The van der Waals surface area contributed by atoms with Gasteiger partial charge in [-0.3, -0.25) is 9.69 Å². The number of anilines is 4. The van der Waals surface area contributed by atoms with Gasteiger partial charge in [-0.15, -0.1) is 0 Å². The molecule has 1 amide bonds. The standard InChI is InChI=1S/C26H33ClN6O3/c1-25(2)13-17(14-26(3,4)33(25)5)29-22-18(27)15-28-24(32-22)30-16-9-10-19(21(12-16)35-6)31-23(34)20-8-7-11-36-20/h7-12,15,17H,13-14H2,1-6H3,(H,31,34)(H2,28,29,30,32). The van der Waals surface area contributed by atoms with E-state index < -0.39 is 0 Å². The van der Waals surface area contributed by atoms with Crippen LogP contribution in [0.5, 0.6) is 5.75 Å². The van der Waals surface area contributed by atoms with Gasteiger partial charge in [-0.2, -0.15) is 4.98 Å². The van der Waals surface area contributed by atoms with Gasteiger partial charge in [-0.25, -0.2) is 4.98 Å². The maximum Gasteiger partial charge on any atom is 0.291 e.